The van der Waals surface area contributed by atoms with Crippen molar-refractivity contribution in [3.05, 3.63) is 35.4 Å². The maximum Gasteiger partial charge on any atom is 0.416 e. The Kier molecular flexibility index (Phi) is 7.81. The van der Waals surface area contributed by atoms with Crippen LogP contribution in [0.1, 0.15) is 22.3 Å². The Morgan fingerprint density at radius 1 is 1.26 bits per heavy atom. The number of alkyl halides is 3. The van der Waals surface area contributed by atoms with E-state index in [-0.39, 0.29) is 18.0 Å². The average Bonchev–Trinajstić information content (AvgIpc) is 2.52. The first-order valence-corrected chi connectivity index (χ1v) is 7.35. The molecule has 0 atom stereocenters. The van der Waals surface area contributed by atoms with Gasteiger partial charge in [-0.05, 0) is 31.2 Å². The smallest absolute Gasteiger partial charge is 0.352 e. The lowest BCUT2D eigenvalue weighted by molar-refractivity contribution is -0.137. The minimum absolute atomic E-state index is 0. The molecule has 130 valence electrons. The number of benzene rings is 1. The van der Waals surface area contributed by atoms with Crippen LogP contribution in [0.4, 0.5) is 13.2 Å². The van der Waals surface area contributed by atoms with Crippen LogP contribution in [0.25, 0.3) is 0 Å². The molecule has 2 N–H and O–H groups in total. The summed E-state index contributed by atoms with van der Waals surface area (Å²) in [5, 5.41) is 5.93. The molecule has 0 bridgehead atoms. The van der Waals surface area contributed by atoms with Crippen LogP contribution < -0.4 is 10.6 Å². The van der Waals surface area contributed by atoms with Crippen molar-refractivity contribution in [2.24, 2.45) is 0 Å². The number of hydrogen-bond donors (Lipinski definition) is 2. The number of rotatable bonds is 5. The molecule has 1 saturated heterocycles. The Balaban J connectivity index is 0.00000264. The van der Waals surface area contributed by atoms with E-state index in [0.29, 0.717) is 6.54 Å². The Hall–Kier alpha value is -1.31. The van der Waals surface area contributed by atoms with Gasteiger partial charge in [0.15, 0.2) is 0 Å². The summed E-state index contributed by atoms with van der Waals surface area (Å²) in [5.41, 5.74) is -0.766. The van der Waals surface area contributed by atoms with Gasteiger partial charge in [-0.15, -0.1) is 12.4 Å². The predicted octanol–water partition coefficient (Wildman–Crippen LogP) is 2.15. The Bertz CT molecular complexity index is 505. The SMILES string of the molecule is Cl.O=C(NCCCN1CCNCC1)c1cccc(C(F)(F)F)c1. The van der Waals surface area contributed by atoms with Gasteiger partial charge in [0.25, 0.3) is 5.91 Å². The molecule has 0 radical (unpaired) electrons. The highest BCUT2D eigenvalue weighted by Gasteiger charge is 2.30. The maximum absolute atomic E-state index is 12.6. The van der Waals surface area contributed by atoms with E-state index in [0.717, 1.165) is 51.3 Å². The molecule has 23 heavy (non-hydrogen) atoms. The highest BCUT2D eigenvalue weighted by Crippen LogP contribution is 2.29. The van der Waals surface area contributed by atoms with E-state index in [9.17, 15) is 18.0 Å². The second kappa shape index (κ2) is 9.10. The molecule has 1 fully saturated rings. The van der Waals surface area contributed by atoms with Crippen molar-refractivity contribution in [1.29, 1.82) is 0 Å². The van der Waals surface area contributed by atoms with Gasteiger partial charge in [0, 0.05) is 38.3 Å². The van der Waals surface area contributed by atoms with E-state index < -0.39 is 17.6 Å². The molecule has 8 heteroatoms. The standard InChI is InChI=1S/C15H20F3N3O.ClH/c16-15(17,18)13-4-1-3-12(11-13)14(22)20-5-2-8-21-9-6-19-7-10-21;/h1,3-4,11,19H,2,5-10H2,(H,20,22);1H. The van der Waals surface area contributed by atoms with Crippen LogP contribution in [0, 0.1) is 0 Å². The van der Waals surface area contributed by atoms with Crippen molar-refractivity contribution in [2.75, 3.05) is 39.3 Å². The first-order valence-electron chi connectivity index (χ1n) is 7.35. The lowest BCUT2D eigenvalue weighted by atomic mass is 10.1. The molecule has 0 saturated carbocycles. The summed E-state index contributed by atoms with van der Waals surface area (Å²) >= 11 is 0. The molecular weight excluding hydrogens is 331 g/mol. The molecule has 0 aromatic heterocycles. The summed E-state index contributed by atoms with van der Waals surface area (Å²) in [5.74, 6) is -0.466. The normalized spacial score (nSPS) is 15.8. The fourth-order valence-corrected chi connectivity index (χ4v) is 2.38. The van der Waals surface area contributed by atoms with Crippen molar-refractivity contribution in [2.45, 2.75) is 12.6 Å². The second-order valence-electron chi connectivity index (χ2n) is 5.28. The predicted molar refractivity (Wildman–Crippen MR) is 85.0 cm³/mol. The zero-order valence-corrected chi connectivity index (χ0v) is 13.5. The second-order valence-corrected chi connectivity index (χ2v) is 5.28. The fourth-order valence-electron chi connectivity index (χ4n) is 2.38. The van der Waals surface area contributed by atoms with E-state index in [1.165, 1.54) is 12.1 Å². The van der Waals surface area contributed by atoms with Gasteiger partial charge in [-0.3, -0.25) is 4.79 Å². The quantitative estimate of drug-likeness (QED) is 0.799. The summed E-state index contributed by atoms with van der Waals surface area (Å²) in [6.45, 7) is 5.25. The summed E-state index contributed by atoms with van der Waals surface area (Å²) in [6, 6.07) is 4.48. The van der Waals surface area contributed by atoms with Gasteiger partial charge in [0.05, 0.1) is 5.56 Å². The Labute approximate surface area is 139 Å². The van der Waals surface area contributed by atoms with Crippen molar-refractivity contribution in [1.82, 2.24) is 15.5 Å². The summed E-state index contributed by atoms with van der Waals surface area (Å²) in [7, 11) is 0. The monoisotopic (exact) mass is 351 g/mol. The molecule has 1 aromatic carbocycles. The highest BCUT2D eigenvalue weighted by atomic mass is 35.5. The van der Waals surface area contributed by atoms with E-state index in [2.05, 4.69) is 15.5 Å². The lowest BCUT2D eigenvalue weighted by Gasteiger charge is -2.27. The van der Waals surface area contributed by atoms with Crippen molar-refractivity contribution in [3.8, 4) is 0 Å². The summed E-state index contributed by atoms with van der Waals surface area (Å²) in [6.07, 6.45) is -3.65. The summed E-state index contributed by atoms with van der Waals surface area (Å²) < 4.78 is 37.8. The molecule has 1 heterocycles. The van der Waals surface area contributed by atoms with Gasteiger partial charge >= 0.3 is 6.18 Å². The largest absolute Gasteiger partial charge is 0.416 e. The average molecular weight is 352 g/mol. The van der Waals surface area contributed by atoms with E-state index in [1.807, 2.05) is 0 Å². The Morgan fingerprint density at radius 3 is 2.61 bits per heavy atom. The van der Waals surface area contributed by atoms with Crippen LogP contribution in [0.3, 0.4) is 0 Å². The van der Waals surface area contributed by atoms with Gasteiger partial charge < -0.3 is 15.5 Å². The van der Waals surface area contributed by atoms with Crippen LogP contribution in [-0.2, 0) is 6.18 Å². The molecule has 0 unspecified atom stereocenters. The third-order valence-electron chi connectivity index (χ3n) is 3.60. The van der Waals surface area contributed by atoms with Crippen molar-refractivity contribution < 1.29 is 18.0 Å². The number of carbonyl (C=O) groups is 1. The van der Waals surface area contributed by atoms with Crippen LogP contribution >= 0.6 is 12.4 Å². The van der Waals surface area contributed by atoms with Gasteiger partial charge in [0.2, 0.25) is 0 Å². The molecular formula is C15H21ClF3N3O. The van der Waals surface area contributed by atoms with Gasteiger partial charge in [0.1, 0.15) is 0 Å². The topological polar surface area (TPSA) is 44.4 Å². The molecule has 1 aliphatic rings. The number of hydrogen-bond acceptors (Lipinski definition) is 3. The van der Waals surface area contributed by atoms with E-state index in [4.69, 9.17) is 0 Å². The van der Waals surface area contributed by atoms with Crippen molar-refractivity contribution >= 4 is 18.3 Å². The zero-order valence-electron chi connectivity index (χ0n) is 12.7. The molecule has 4 nitrogen and oxygen atoms in total. The molecule has 0 spiro atoms. The minimum Gasteiger partial charge on any atom is -0.352 e. The number of halogens is 4. The Morgan fingerprint density at radius 2 is 1.96 bits per heavy atom. The zero-order chi connectivity index (χ0) is 16.0. The fraction of sp³-hybridized carbons (Fsp3) is 0.533. The summed E-state index contributed by atoms with van der Waals surface area (Å²) in [4.78, 5) is 14.2. The van der Waals surface area contributed by atoms with Crippen LogP contribution in [-0.4, -0.2) is 50.1 Å². The van der Waals surface area contributed by atoms with Crippen LogP contribution in [0.15, 0.2) is 24.3 Å². The number of amides is 1. The van der Waals surface area contributed by atoms with Crippen LogP contribution in [0.5, 0.6) is 0 Å². The van der Waals surface area contributed by atoms with E-state index >= 15 is 0 Å². The highest BCUT2D eigenvalue weighted by molar-refractivity contribution is 5.94. The van der Waals surface area contributed by atoms with Crippen molar-refractivity contribution in [3.63, 3.8) is 0 Å². The first-order chi connectivity index (χ1) is 10.5. The molecule has 1 aromatic rings. The van der Waals surface area contributed by atoms with Gasteiger partial charge in [-0.2, -0.15) is 13.2 Å². The third kappa shape index (κ3) is 6.37. The molecule has 1 amide bonds. The van der Waals surface area contributed by atoms with Gasteiger partial charge in [-0.1, -0.05) is 6.07 Å². The molecule has 0 aliphatic carbocycles. The maximum atomic E-state index is 12.6. The third-order valence-corrected chi connectivity index (χ3v) is 3.60. The number of nitrogens with zero attached hydrogens (tertiary/aromatic N) is 1. The van der Waals surface area contributed by atoms with E-state index in [1.54, 1.807) is 0 Å². The lowest BCUT2D eigenvalue weighted by Crippen LogP contribution is -2.44. The molecule has 2 rings (SSSR count). The van der Waals surface area contributed by atoms with Gasteiger partial charge in [-0.25, -0.2) is 0 Å². The number of carbonyl (C=O) groups excluding carboxylic acids is 1. The first kappa shape index (κ1) is 19.7. The number of piperazine rings is 1. The van der Waals surface area contributed by atoms with Crippen LogP contribution in [0.2, 0.25) is 0 Å². The minimum atomic E-state index is -4.43. The molecule has 1 aliphatic heterocycles. The number of nitrogens with one attached hydrogen (secondary N) is 2.